The van der Waals surface area contributed by atoms with Crippen LogP contribution in [0.5, 0.6) is 0 Å². The standard InChI is InChI=1S/C14H24BrN3/c1-5-12-14(15)13(18(4)17-12)10-11(3)8-7-9-16-6-2/h8,16H,5-7,9-10H2,1-4H3. The average Bonchev–Trinajstić information content (AvgIpc) is 2.62. The number of nitrogens with one attached hydrogen (secondary N) is 1. The molecule has 0 fully saturated rings. The van der Waals surface area contributed by atoms with Crippen LogP contribution in [-0.2, 0) is 19.9 Å². The van der Waals surface area contributed by atoms with Crippen LogP contribution in [0.15, 0.2) is 16.1 Å². The van der Waals surface area contributed by atoms with Crippen LogP contribution in [0.25, 0.3) is 0 Å². The van der Waals surface area contributed by atoms with Gasteiger partial charge in [0, 0.05) is 13.5 Å². The summed E-state index contributed by atoms with van der Waals surface area (Å²) in [5.74, 6) is 0. The molecule has 0 unspecified atom stereocenters. The highest BCUT2D eigenvalue weighted by Crippen LogP contribution is 2.23. The summed E-state index contributed by atoms with van der Waals surface area (Å²) in [6.07, 6.45) is 5.34. The second-order valence-electron chi connectivity index (χ2n) is 4.55. The molecule has 0 spiro atoms. The van der Waals surface area contributed by atoms with Crippen molar-refractivity contribution < 1.29 is 0 Å². The SMILES string of the molecule is CCNCCC=C(C)Cc1c(Br)c(CC)nn1C. The molecule has 1 rings (SSSR count). The van der Waals surface area contributed by atoms with E-state index in [1.54, 1.807) is 0 Å². The van der Waals surface area contributed by atoms with E-state index >= 15 is 0 Å². The minimum Gasteiger partial charge on any atom is -0.317 e. The fourth-order valence-corrected chi connectivity index (χ4v) is 2.70. The Morgan fingerprint density at radius 2 is 2.17 bits per heavy atom. The molecular weight excluding hydrogens is 290 g/mol. The molecule has 0 aliphatic carbocycles. The van der Waals surface area contributed by atoms with Crippen LogP contribution in [0.4, 0.5) is 0 Å². The summed E-state index contributed by atoms with van der Waals surface area (Å²) in [4.78, 5) is 0. The van der Waals surface area contributed by atoms with Crippen molar-refractivity contribution in [1.29, 1.82) is 0 Å². The summed E-state index contributed by atoms with van der Waals surface area (Å²) in [5.41, 5.74) is 3.82. The molecule has 0 aliphatic heterocycles. The van der Waals surface area contributed by atoms with Gasteiger partial charge in [-0.2, -0.15) is 5.10 Å². The first-order valence-corrected chi connectivity index (χ1v) is 7.46. The van der Waals surface area contributed by atoms with Gasteiger partial charge in [-0.05, 0) is 48.8 Å². The van der Waals surface area contributed by atoms with Crippen LogP contribution in [0.3, 0.4) is 0 Å². The molecule has 3 nitrogen and oxygen atoms in total. The van der Waals surface area contributed by atoms with Gasteiger partial charge in [-0.25, -0.2) is 0 Å². The molecule has 0 saturated heterocycles. The van der Waals surface area contributed by atoms with Crippen molar-refractivity contribution in [3.63, 3.8) is 0 Å². The molecular formula is C14H24BrN3. The third-order valence-corrected chi connectivity index (χ3v) is 3.93. The lowest BCUT2D eigenvalue weighted by Crippen LogP contribution is -2.13. The van der Waals surface area contributed by atoms with E-state index < -0.39 is 0 Å². The molecule has 0 saturated carbocycles. The first-order valence-electron chi connectivity index (χ1n) is 6.66. The molecule has 18 heavy (non-hydrogen) atoms. The monoisotopic (exact) mass is 313 g/mol. The normalized spacial score (nSPS) is 12.2. The number of hydrogen-bond acceptors (Lipinski definition) is 2. The van der Waals surface area contributed by atoms with Gasteiger partial charge in [0.15, 0.2) is 0 Å². The minimum absolute atomic E-state index is 0.968. The van der Waals surface area contributed by atoms with E-state index in [1.807, 2.05) is 11.7 Å². The second-order valence-corrected chi connectivity index (χ2v) is 5.35. The van der Waals surface area contributed by atoms with E-state index in [0.717, 1.165) is 38.0 Å². The molecule has 1 N–H and O–H groups in total. The largest absolute Gasteiger partial charge is 0.317 e. The predicted molar refractivity (Wildman–Crippen MR) is 80.9 cm³/mol. The van der Waals surface area contributed by atoms with Crippen molar-refractivity contribution in [3.05, 3.63) is 27.5 Å². The molecule has 1 aromatic rings. The number of rotatable bonds is 7. The maximum absolute atomic E-state index is 4.52. The van der Waals surface area contributed by atoms with E-state index in [-0.39, 0.29) is 0 Å². The van der Waals surface area contributed by atoms with E-state index in [1.165, 1.54) is 15.7 Å². The number of allylic oxidation sites excluding steroid dienone is 1. The molecule has 0 aliphatic rings. The quantitative estimate of drug-likeness (QED) is 0.618. The summed E-state index contributed by atoms with van der Waals surface area (Å²) >= 11 is 3.66. The van der Waals surface area contributed by atoms with Gasteiger partial charge in [0.2, 0.25) is 0 Å². The smallest absolute Gasteiger partial charge is 0.0766 e. The number of nitrogens with zero attached hydrogens (tertiary/aromatic N) is 2. The van der Waals surface area contributed by atoms with Crippen molar-refractivity contribution in [2.45, 2.75) is 40.0 Å². The van der Waals surface area contributed by atoms with E-state index in [9.17, 15) is 0 Å². The van der Waals surface area contributed by atoms with Gasteiger partial charge in [0.1, 0.15) is 0 Å². The van der Waals surface area contributed by atoms with Gasteiger partial charge in [0.05, 0.1) is 15.9 Å². The van der Waals surface area contributed by atoms with Crippen LogP contribution < -0.4 is 5.32 Å². The summed E-state index contributed by atoms with van der Waals surface area (Å²) in [7, 11) is 2.02. The number of hydrogen-bond donors (Lipinski definition) is 1. The zero-order valence-electron chi connectivity index (χ0n) is 11.9. The van der Waals surface area contributed by atoms with Crippen LogP contribution in [0.2, 0.25) is 0 Å². The highest BCUT2D eigenvalue weighted by atomic mass is 79.9. The zero-order valence-corrected chi connectivity index (χ0v) is 13.5. The lowest BCUT2D eigenvalue weighted by Gasteiger charge is -2.04. The Kier molecular flexibility index (Phi) is 6.65. The van der Waals surface area contributed by atoms with Gasteiger partial charge in [-0.3, -0.25) is 4.68 Å². The Balaban J connectivity index is 2.64. The van der Waals surface area contributed by atoms with Gasteiger partial charge in [-0.15, -0.1) is 0 Å². The molecule has 0 radical (unpaired) electrons. The lowest BCUT2D eigenvalue weighted by atomic mass is 10.1. The molecule has 0 atom stereocenters. The van der Waals surface area contributed by atoms with Crippen molar-refractivity contribution in [1.82, 2.24) is 15.1 Å². The van der Waals surface area contributed by atoms with Crippen LogP contribution >= 0.6 is 15.9 Å². The van der Waals surface area contributed by atoms with Crippen molar-refractivity contribution in [3.8, 4) is 0 Å². The van der Waals surface area contributed by atoms with E-state index in [0.29, 0.717) is 0 Å². The molecule has 4 heteroatoms. The Labute approximate surface area is 119 Å². The van der Waals surface area contributed by atoms with Crippen molar-refractivity contribution in [2.75, 3.05) is 13.1 Å². The van der Waals surface area contributed by atoms with Gasteiger partial charge in [-0.1, -0.05) is 25.5 Å². The Morgan fingerprint density at radius 1 is 1.44 bits per heavy atom. The molecule has 0 amide bonds. The average molecular weight is 314 g/mol. The topological polar surface area (TPSA) is 29.9 Å². The van der Waals surface area contributed by atoms with Crippen LogP contribution in [0.1, 0.15) is 38.6 Å². The Hall–Kier alpha value is -0.610. The summed E-state index contributed by atoms with van der Waals surface area (Å²) in [5, 5.41) is 7.85. The van der Waals surface area contributed by atoms with Gasteiger partial charge < -0.3 is 5.32 Å². The highest BCUT2D eigenvalue weighted by molar-refractivity contribution is 9.10. The Bertz CT molecular complexity index is 407. The van der Waals surface area contributed by atoms with Crippen molar-refractivity contribution in [2.24, 2.45) is 7.05 Å². The number of aryl methyl sites for hydroxylation is 2. The molecule has 1 heterocycles. The molecule has 0 bridgehead atoms. The summed E-state index contributed by atoms with van der Waals surface area (Å²) < 4.78 is 3.16. The second kappa shape index (κ2) is 7.74. The zero-order chi connectivity index (χ0) is 13.5. The Morgan fingerprint density at radius 3 is 2.72 bits per heavy atom. The number of halogens is 1. The fourth-order valence-electron chi connectivity index (χ4n) is 1.95. The fraction of sp³-hybridized carbons (Fsp3) is 0.643. The third-order valence-electron chi connectivity index (χ3n) is 3.01. The van der Waals surface area contributed by atoms with Gasteiger partial charge >= 0.3 is 0 Å². The maximum Gasteiger partial charge on any atom is 0.0766 e. The third kappa shape index (κ3) is 4.25. The lowest BCUT2D eigenvalue weighted by molar-refractivity contribution is 0.703. The molecule has 102 valence electrons. The van der Waals surface area contributed by atoms with Crippen LogP contribution in [0, 0.1) is 0 Å². The first kappa shape index (κ1) is 15.4. The van der Waals surface area contributed by atoms with E-state index in [2.05, 4.69) is 53.2 Å². The van der Waals surface area contributed by atoms with Crippen molar-refractivity contribution >= 4 is 15.9 Å². The minimum atomic E-state index is 0.968. The van der Waals surface area contributed by atoms with E-state index in [4.69, 9.17) is 0 Å². The summed E-state index contributed by atoms with van der Waals surface area (Å²) in [6, 6.07) is 0. The van der Waals surface area contributed by atoms with Gasteiger partial charge in [0.25, 0.3) is 0 Å². The molecule has 1 aromatic heterocycles. The summed E-state index contributed by atoms with van der Waals surface area (Å²) in [6.45, 7) is 8.56. The van der Waals surface area contributed by atoms with Crippen LogP contribution in [-0.4, -0.2) is 22.9 Å². The number of aromatic nitrogens is 2. The highest BCUT2D eigenvalue weighted by Gasteiger charge is 2.12. The molecule has 0 aromatic carbocycles. The first-order chi connectivity index (χ1) is 8.60. The predicted octanol–water partition coefficient (Wildman–Crippen LogP) is 3.23. The maximum atomic E-state index is 4.52.